The highest BCUT2D eigenvalue weighted by Gasteiger charge is 2.09. The van der Waals surface area contributed by atoms with Crippen molar-refractivity contribution in [2.24, 2.45) is 0 Å². The number of ether oxygens (including phenoxy) is 1. The van der Waals surface area contributed by atoms with Crippen LogP contribution in [0.3, 0.4) is 0 Å². The van der Waals surface area contributed by atoms with Gasteiger partial charge in [0.15, 0.2) is 0 Å². The summed E-state index contributed by atoms with van der Waals surface area (Å²) in [6, 6.07) is 18.1. The zero-order valence-corrected chi connectivity index (χ0v) is 16.0. The molecule has 0 fully saturated rings. The third-order valence-electron chi connectivity index (χ3n) is 4.41. The van der Waals surface area contributed by atoms with Gasteiger partial charge in [-0.25, -0.2) is 9.18 Å². The van der Waals surface area contributed by atoms with Crippen LogP contribution in [-0.4, -0.2) is 17.2 Å². The second kappa shape index (κ2) is 9.04. The summed E-state index contributed by atoms with van der Waals surface area (Å²) in [4.78, 5) is 11.8. The van der Waals surface area contributed by atoms with E-state index in [1.165, 1.54) is 12.1 Å². The fourth-order valence-corrected chi connectivity index (χ4v) is 3.07. The number of aromatic nitrogens is 1. The monoisotopic (exact) mass is 378 g/mol. The highest BCUT2D eigenvalue weighted by atomic mass is 19.1. The van der Waals surface area contributed by atoms with Crippen molar-refractivity contribution in [2.75, 3.05) is 6.54 Å². The van der Waals surface area contributed by atoms with Crippen LogP contribution >= 0.6 is 0 Å². The minimum atomic E-state index is -0.460. The van der Waals surface area contributed by atoms with Crippen molar-refractivity contribution >= 4 is 12.2 Å². The van der Waals surface area contributed by atoms with E-state index >= 15 is 0 Å². The molecule has 0 aliphatic heterocycles. The summed E-state index contributed by atoms with van der Waals surface area (Å²) in [7, 11) is 0. The van der Waals surface area contributed by atoms with Crippen LogP contribution in [0, 0.1) is 19.7 Å². The van der Waals surface area contributed by atoms with Crippen LogP contribution in [0.25, 0.3) is 11.8 Å². The van der Waals surface area contributed by atoms with Crippen LogP contribution in [0.5, 0.6) is 0 Å². The highest BCUT2D eigenvalue weighted by molar-refractivity contribution is 5.67. The molecule has 28 heavy (non-hydrogen) atoms. The van der Waals surface area contributed by atoms with Gasteiger partial charge in [-0.05, 0) is 49.2 Å². The topological polar surface area (TPSA) is 43.3 Å². The standard InChI is InChI=1S/C23H23FN2O2/c1-17-14-20(18(2)26(17)22-12-6-11-21(24)15-22)10-7-13-25-23(27)28-16-19-8-4-3-5-9-19/h3-12,14-15H,13,16H2,1-2H3,(H,25,27). The minimum Gasteiger partial charge on any atom is -0.445 e. The quantitative estimate of drug-likeness (QED) is 0.643. The molecule has 0 bridgehead atoms. The van der Waals surface area contributed by atoms with Crippen molar-refractivity contribution in [3.05, 3.63) is 95.1 Å². The molecule has 1 aromatic heterocycles. The second-order valence-electron chi connectivity index (χ2n) is 6.49. The molecule has 0 saturated heterocycles. The number of carbonyl (C=O) groups excluding carboxylic acids is 1. The van der Waals surface area contributed by atoms with Gasteiger partial charge in [-0.2, -0.15) is 0 Å². The molecule has 3 aromatic rings. The number of halogens is 1. The van der Waals surface area contributed by atoms with Gasteiger partial charge in [-0.1, -0.05) is 48.6 Å². The molecule has 5 heteroatoms. The van der Waals surface area contributed by atoms with Gasteiger partial charge in [0.25, 0.3) is 0 Å². The van der Waals surface area contributed by atoms with Gasteiger partial charge in [-0.15, -0.1) is 0 Å². The Labute approximate surface area is 164 Å². The molecular formula is C23H23FN2O2. The Balaban J connectivity index is 1.56. The number of rotatable bonds is 6. The highest BCUT2D eigenvalue weighted by Crippen LogP contribution is 2.22. The summed E-state index contributed by atoms with van der Waals surface area (Å²) < 4.78 is 20.7. The average molecular weight is 378 g/mol. The van der Waals surface area contributed by atoms with Gasteiger partial charge < -0.3 is 14.6 Å². The van der Waals surface area contributed by atoms with Crippen molar-refractivity contribution in [2.45, 2.75) is 20.5 Å². The van der Waals surface area contributed by atoms with Crippen molar-refractivity contribution in [3.8, 4) is 5.69 Å². The Morgan fingerprint density at radius 3 is 2.64 bits per heavy atom. The van der Waals surface area contributed by atoms with E-state index in [9.17, 15) is 9.18 Å². The van der Waals surface area contributed by atoms with Crippen LogP contribution in [0.4, 0.5) is 9.18 Å². The molecule has 0 unspecified atom stereocenters. The molecule has 0 aliphatic rings. The maximum Gasteiger partial charge on any atom is 0.407 e. The van der Waals surface area contributed by atoms with Crippen molar-refractivity contribution in [3.63, 3.8) is 0 Å². The third-order valence-corrected chi connectivity index (χ3v) is 4.41. The maximum atomic E-state index is 13.5. The van der Waals surface area contributed by atoms with E-state index in [4.69, 9.17) is 4.74 Å². The van der Waals surface area contributed by atoms with Crippen LogP contribution in [-0.2, 0) is 11.3 Å². The van der Waals surface area contributed by atoms with E-state index in [2.05, 4.69) is 5.32 Å². The van der Waals surface area contributed by atoms with Crippen molar-refractivity contribution in [1.82, 2.24) is 9.88 Å². The number of aryl methyl sites for hydroxylation is 1. The van der Waals surface area contributed by atoms with Gasteiger partial charge in [0.2, 0.25) is 0 Å². The lowest BCUT2D eigenvalue weighted by Crippen LogP contribution is -2.24. The van der Waals surface area contributed by atoms with Gasteiger partial charge in [0.05, 0.1) is 0 Å². The van der Waals surface area contributed by atoms with Crippen LogP contribution in [0.1, 0.15) is 22.5 Å². The second-order valence-corrected chi connectivity index (χ2v) is 6.49. The van der Waals surface area contributed by atoms with Crippen LogP contribution in [0.2, 0.25) is 0 Å². The first kappa shape index (κ1) is 19.4. The fraction of sp³-hybridized carbons (Fsp3) is 0.174. The summed E-state index contributed by atoms with van der Waals surface area (Å²) in [6.07, 6.45) is 3.34. The molecule has 3 rings (SSSR count). The number of nitrogens with zero attached hydrogens (tertiary/aromatic N) is 1. The Morgan fingerprint density at radius 2 is 1.89 bits per heavy atom. The summed E-state index contributed by atoms with van der Waals surface area (Å²) in [5.74, 6) is -0.264. The molecule has 1 N–H and O–H groups in total. The molecule has 2 aromatic carbocycles. The van der Waals surface area contributed by atoms with Crippen LogP contribution < -0.4 is 5.32 Å². The van der Waals surface area contributed by atoms with Crippen molar-refractivity contribution < 1.29 is 13.9 Å². The number of hydrogen-bond donors (Lipinski definition) is 1. The first-order chi connectivity index (χ1) is 13.5. The lowest BCUT2D eigenvalue weighted by Gasteiger charge is -2.09. The largest absolute Gasteiger partial charge is 0.445 e. The van der Waals surface area contributed by atoms with E-state index in [1.807, 2.05) is 73.0 Å². The van der Waals surface area contributed by atoms with Gasteiger partial charge in [0, 0.05) is 23.6 Å². The predicted octanol–water partition coefficient (Wildman–Crippen LogP) is 5.17. The molecule has 1 amide bonds. The van der Waals surface area contributed by atoms with Crippen molar-refractivity contribution in [1.29, 1.82) is 0 Å². The normalized spacial score (nSPS) is 11.0. The molecule has 0 radical (unpaired) electrons. The first-order valence-corrected chi connectivity index (χ1v) is 9.10. The molecule has 0 atom stereocenters. The molecule has 0 aliphatic carbocycles. The average Bonchev–Trinajstić information content (AvgIpc) is 2.97. The minimum absolute atomic E-state index is 0.241. The summed E-state index contributed by atoms with van der Waals surface area (Å²) in [5, 5.41) is 2.70. The Morgan fingerprint density at radius 1 is 1.11 bits per heavy atom. The molecule has 4 nitrogen and oxygen atoms in total. The lowest BCUT2D eigenvalue weighted by molar-refractivity contribution is 0.141. The Kier molecular flexibility index (Phi) is 6.27. The molecule has 0 saturated carbocycles. The van der Waals surface area contributed by atoms with Gasteiger partial charge >= 0.3 is 6.09 Å². The third kappa shape index (κ3) is 4.88. The van der Waals surface area contributed by atoms with E-state index in [0.717, 1.165) is 28.2 Å². The number of nitrogens with one attached hydrogen (secondary N) is 1. The van der Waals surface area contributed by atoms with Gasteiger partial charge in [-0.3, -0.25) is 0 Å². The smallest absolute Gasteiger partial charge is 0.407 e. The lowest BCUT2D eigenvalue weighted by atomic mass is 10.2. The Hall–Kier alpha value is -3.34. The Bertz CT molecular complexity index is 978. The number of benzene rings is 2. The zero-order valence-electron chi connectivity index (χ0n) is 16.0. The van der Waals surface area contributed by atoms with E-state index < -0.39 is 6.09 Å². The SMILES string of the molecule is Cc1cc(C=CCNC(=O)OCc2ccccc2)c(C)n1-c1cccc(F)c1. The van der Waals surface area contributed by atoms with E-state index in [1.54, 1.807) is 6.07 Å². The van der Waals surface area contributed by atoms with Gasteiger partial charge in [0.1, 0.15) is 12.4 Å². The molecular weight excluding hydrogens is 355 g/mol. The molecule has 144 valence electrons. The maximum absolute atomic E-state index is 13.5. The fourth-order valence-electron chi connectivity index (χ4n) is 3.07. The van der Waals surface area contributed by atoms with Crippen LogP contribution in [0.15, 0.2) is 66.7 Å². The molecule has 0 spiro atoms. The predicted molar refractivity (Wildman–Crippen MR) is 109 cm³/mol. The summed E-state index contributed by atoms with van der Waals surface area (Å²) in [6.45, 7) is 4.57. The van der Waals surface area contributed by atoms with E-state index in [-0.39, 0.29) is 12.4 Å². The first-order valence-electron chi connectivity index (χ1n) is 9.10. The summed E-state index contributed by atoms with van der Waals surface area (Å²) in [5.41, 5.74) is 4.76. The zero-order chi connectivity index (χ0) is 19.9. The molecule has 1 heterocycles. The number of hydrogen-bond acceptors (Lipinski definition) is 2. The number of amides is 1. The number of carbonyl (C=O) groups is 1. The summed E-state index contributed by atoms with van der Waals surface area (Å²) >= 11 is 0. The van der Waals surface area contributed by atoms with E-state index in [0.29, 0.717) is 6.54 Å². The number of alkyl carbamates (subject to hydrolysis) is 1.